The number of hydrogen-bond donors (Lipinski definition) is 0. The Morgan fingerprint density at radius 2 is 1.76 bits per heavy atom. The van der Waals surface area contributed by atoms with Crippen molar-refractivity contribution in [3.63, 3.8) is 0 Å². The highest BCUT2D eigenvalue weighted by molar-refractivity contribution is 6.44. The fraction of sp³-hybridized carbons (Fsp3) is 0.353. The summed E-state index contributed by atoms with van der Waals surface area (Å²) in [5.74, 6) is -1.12. The van der Waals surface area contributed by atoms with E-state index in [1.165, 1.54) is 0 Å². The molecule has 8 nitrogen and oxygen atoms in total. The lowest BCUT2D eigenvalue weighted by Crippen LogP contribution is -2.39. The number of hydrogen-bond acceptors (Lipinski definition) is 6. The number of urea groups is 1. The zero-order valence-electron chi connectivity index (χ0n) is 13.4. The highest BCUT2D eigenvalue weighted by Gasteiger charge is 2.48. The molecule has 0 atom stereocenters. The molecule has 1 aromatic carbocycles. The Morgan fingerprint density at radius 3 is 2.48 bits per heavy atom. The summed E-state index contributed by atoms with van der Waals surface area (Å²) in [6.07, 6.45) is 3.41. The summed E-state index contributed by atoms with van der Waals surface area (Å²) in [5, 5.41) is 3.86. The van der Waals surface area contributed by atoms with Crippen molar-refractivity contribution < 1.29 is 18.9 Å². The monoisotopic (exact) mass is 340 g/mol. The van der Waals surface area contributed by atoms with Gasteiger partial charge in [0.15, 0.2) is 0 Å². The van der Waals surface area contributed by atoms with Crippen molar-refractivity contribution in [3.05, 3.63) is 36.2 Å². The maximum absolute atomic E-state index is 12.5. The fourth-order valence-corrected chi connectivity index (χ4v) is 3.31. The van der Waals surface area contributed by atoms with Crippen LogP contribution in [0.15, 0.2) is 34.9 Å². The molecule has 2 heterocycles. The summed E-state index contributed by atoms with van der Waals surface area (Å²) in [6.45, 7) is -0.202. The molecular weight excluding hydrogens is 324 g/mol. The number of nitrogens with zero attached hydrogens (tertiary/aromatic N) is 4. The molecule has 2 fully saturated rings. The highest BCUT2D eigenvalue weighted by Crippen LogP contribution is 2.28. The molecule has 128 valence electrons. The maximum Gasteiger partial charge on any atom is 0.334 e. The van der Waals surface area contributed by atoms with Gasteiger partial charge in [0.2, 0.25) is 11.7 Å². The molecule has 1 saturated carbocycles. The van der Waals surface area contributed by atoms with Crippen LogP contribution in [0.3, 0.4) is 0 Å². The van der Waals surface area contributed by atoms with E-state index >= 15 is 0 Å². The van der Waals surface area contributed by atoms with Crippen LogP contribution >= 0.6 is 0 Å². The molecule has 1 aliphatic heterocycles. The maximum atomic E-state index is 12.5. The first kappa shape index (κ1) is 15.5. The number of imide groups is 2. The van der Waals surface area contributed by atoms with E-state index in [0.29, 0.717) is 5.82 Å². The summed E-state index contributed by atoms with van der Waals surface area (Å²) >= 11 is 0. The van der Waals surface area contributed by atoms with Crippen molar-refractivity contribution in [2.45, 2.75) is 38.3 Å². The van der Waals surface area contributed by atoms with Crippen molar-refractivity contribution in [3.8, 4) is 11.4 Å². The summed E-state index contributed by atoms with van der Waals surface area (Å²) in [7, 11) is 0. The van der Waals surface area contributed by atoms with Crippen molar-refractivity contribution in [1.82, 2.24) is 19.9 Å². The summed E-state index contributed by atoms with van der Waals surface area (Å²) in [4.78, 5) is 43.1. The Labute approximate surface area is 143 Å². The second-order valence-corrected chi connectivity index (χ2v) is 6.17. The first-order chi connectivity index (χ1) is 12.1. The van der Waals surface area contributed by atoms with Crippen LogP contribution in [0.2, 0.25) is 0 Å². The second-order valence-electron chi connectivity index (χ2n) is 6.17. The molecule has 2 aliphatic rings. The largest absolute Gasteiger partial charge is 0.337 e. The van der Waals surface area contributed by atoms with Gasteiger partial charge in [-0.3, -0.25) is 14.5 Å². The van der Waals surface area contributed by atoms with E-state index in [0.717, 1.165) is 41.0 Å². The van der Waals surface area contributed by atoms with Crippen LogP contribution in [0.25, 0.3) is 11.4 Å². The lowest BCUT2D eigenvalue weighted by Gasteiger charge is -2.20. The zero-order valence-corrected chi connectivity index (χ0v) is 13.4. The smallest absolute Gasteiger partial charge is 0.334 e. The Kier molecular flexibility index (Phi) is 3.79. The van der Waals surface area contributed by atoms with Crippen LogP contribution < -0.4 is 0 Å². The highest BCUT2D eigenvalue weighted by atomic mass is 16.5. The molecule has 8 heteroatoms. The van der Waals surface area contributed by atoms with Gasteiger partial charge in [0.25, 0.3) is 0 Å². The van der Waals surface area contributed by atoms with Crippen LogP contribution in [0.1, 0.15) is 31.6 Å². The standard InChI is InChI=1S/C17H16N4O4/c22-15-16(23)21(12-8-4-5-9-12)17(24)20(15)10-13-18-14(19-25-13)11-6-2-1-3-7-11/h1-3,6-7,12H,4-5,8-10H2. The number of carbonyl (C=O) groups excluding carboxylic acids is 3. The van der Waals surface area contributed by atoms with Crippen molar-refractivity contribution in [2.75, 3.05) is 0 Å². The third kappa shape index (κ3) is 2.69. The van der Waals surface area contributed by atoms with Crippen LogP contribution in [0, 0.1) is 0 Å². The fourth-order valence-electron chi connectivity index (χ4n) is 3.31. The summed E-state index contributed by atoms with van der Waals surface area (Å²) in [5.41, 5.74) is 0.764. The number of rotatable bonds is 4. The van der Waals surface area contributed by atoms with Crippen LogP contribution in [0.5, 0.6) is 0 Å². The summed E-state index contributed by atoms with van der Waals surface area (Å²) in [6, 6.07) is 8.43. The van der Waals surface area contributed by atoms with Gasteiger partial charge in [0.1, 0.15) is 6.54 Å². The first-order valence-electron chi connectivity index (χ1n) is 8.22. The molecule has 25 heavy (non-hydrogen) atoms. The van der Waals surface area contributed by atoms with Crippen LogP contribution in [0.4, 0.5) is 4.79 Å². The topological polar surface area (TPSA) is 96.6 Å². The minimum absolute atomic E-state index is 0.113. The Balaban J connectivity index is 1.53. The molecular formula is C17H16N4O4. The molecule has 0 unspecified atom stereocenters. The second kappa shape index (κ2) is 6.12. The third-order valence-corrected chi connectivity index (χ3v) is 4.57. The van der Waals surface area contributed by atoms with Gasteiger partial charge in [0, 0.05) is 11.6 Å². The minimum Gasteiger partial charge on any atom is -0.337 e. The lowest BCUT2D eigenvalue weighted by molar-refractivity contribution is -0.144. The third-order valence-electron chi connectivity index (χ3n) is 4.57. The average molecular weight is 340 g/mol. The van der Waals surface area contributed by atoms with Gasteiger partial charge in [-0.05, 0) is 12.8 Å². The molecule has 0 N–H and O–H groups in total. The Morgan fingerprint density at radius 1 is 1.04 bits per heavy atom. The molecule has 2 aromatic rings. The summed E-state index contributed by atoms with van der Waals surface area (Å²) < 4.78 is 5.14. The molecule has 4 amide bonds. The number of aromatic nitrogens is 2. The van der Waals surface area contributed by atoms with E-state index in [-0.39, 0.29) is 18.5 Å². The number of carbonyl (C=O) groups is 3. The predicted molar refractivity (Wildman–Crippen MR) is 84.8 cm³/mol. The van der Waals surface area contributed by atoms with Gasteiger partial charge in [-0.15, -0.1) is 0 Å². The van der Waals surface area contributed by atoms with Gasteiger partial charge in [-0.25, -0.2) is 9.69 Å². The minimum atomic E-state index is -0.837. The molecule has 1 saturated heterocycles. The molecule has 0 spiro atoms. The first-order valence-corrected chi connectivity index (χ1v) is 8.22. The van der Waals surface area contributed by atoms with Crippen molar-refractivity contribution >= 4 is 17.8 Å². The molecule has 4 rings (SSSR count). The van der Waals surface area contributed by atoms with E-state index in [4.69, 9.17) is 4.52 Å². The Hall–Kier alpha value is -3.03. The molecule has 0 bridgehead atoms. The molecule has 1 aromatic heterocycles. The Bertz CT molecular complexity index is 826. The van der Waals surface area contributed by atoms with E-state index in [1.807, 2.05) is 30.3 Å². The normalized spacial score (nSPS) is 18.6. The zero-order chi connectivity index (χ0) is 17.4. The van der Waals surface area contributed by atoms with E-state index < -0.39 is 17.8 Å². The van der Waals surface area contributed by atoms with Crippen molar-refractivity contribution in [2.24, 2.45) is 0 Å². The average Bonchev–Trinajstić information content (AvgIpc) is 3.35. The van der Waals surface area contributed by atoms with E-state index in [2.05, 4.69) is 10.1 Å². The number of benzene rings is 1. The van der Waals surface area contributed by atoms with Gasteiger partial charge >= 0.3 is 17.8 Å². The van der Waals surface area contributed by atoms with Gasteiger partial charge in [0.05, 0.1) is 0 Å². The van der Waals surface area contributed by atoms with Gasteiger partial charge in [-0.2, -0.15) is 4.98 Å². The van der Waals surface area contributed by atoms with Crippen LogP contribution in [-0.2, 0) is 16.1 Å². The lowest BCUT2D eigenvalue weighted by atomic mass is 10.2. The predicted octanol–water partition coefficient (Wildman–Crippen LogP) is 1.97. The van der Waals surface area contributed by atoms with E-state index in [1.54, 1.807) is 0 Å². The van der Waals surface area contributed by atoms with Crippen LogP contribution in [-0.4, -0.2) is 43.8 Å². The van der Waals surface area contributed by atoms with Crippen molar-refractivity contribution in [1.29, 1.82) is 0 Å². The molecule has 1 aliphatic carbocycles. The van der Waals surface area contributed by atoms with E-state index in [9.17, 15) is 14.4 Å². The quantitative estimate of drug-likeness (QED) is 0.623. The SMILES string of the molecule is O=C1C(=O)N(C2CCCC2)C(=O)N1Cc1nc(-c2ccccc2)no1. The molecule has 0 radical (unpaired) electrons. The number of amides is 4. The van der Waals surface area contributed by atoms with Gasteiger partial charge < -0.3 is 4.52 Å². The van der Waals surface area contributed by atoms with Gasteiger partial charge in [-0.1, -0.05) is 48.3 Å².